The number of alkyl halides is 3. The number of hydrogen-bond donors (Lipinski definition) is 1. The number of nitrogens with zero attached hydrogens (tertiary/aromatic N) is 1. The number of nitrogens with one attached hydrogen (secondary N) is 1. The van der Waals surface area contributed by atoms with Crippen LogP contribution in [0, 0.1) is 5.92 Å². The number of hydrogen-bond acceptors (Lipinski definition) is 3. The van der Waals surface area contributed by atoms with Crippen molar-refractivity contribution in [2.24, 2.45) is 5.92 Å². The second-order valence-corrected chi connectivity index (χ2v) is 5.44. The third kappa shape index (κ3) is 5.18. The first-order chi connectivity index (χ1) is 9.65. The molecular weight excluding hydrogens is 289 g/mol. The molecule has 0 saturated carbocycles. The third-order valence-corrected chi connectivity index (χ3v) is 3.28. The van der Waals surface area contributed by atoms with Gasteiger partial charge in [0.15, 0.2) is 0 Å². The van der Waals surface area contributed by atoms with Crippen molar-refractivity contribution in [2.75, 3.05) is 13.2 Å². The maximum Gasteiger partial charge on any atom is 0.522 e. The van der Waals surface area contributed by atoms with Gasteiger partial charge in [-0.3, -0.25) is 14.3 Å². The Kier molecular flexibility index (Phi) is 6.00. The molecule has 0 radical (unpaired) electrons. The number of piperazine rings is 1. The van der Waals surface area contributed by atoms with Gasteiger partial charge >= 0.3 is 6.36 Å². The average Bonchev–Trinajstić information content (AvgIpc) is 2.35. The van der Waals surface area contributed by atoms with E-state index in [1.807, 2.05) is 13.8 Å². The second-order valence-electron chi connectivity index (χ2n) is 5.44. The van der Waals surface area contributed by atoms with Crippen molar-refractivity contribution in [3.63, 3.8) is 0 Å². The van der Waals surface area contributed by atoms with Gasteiger partial charge in [-0.25, -0.2) is 0 Å². The zero-order valence-corrected chi connectivity index (χ0v) is 12.4. The topological polar surface area (TPSA) is 58.6 Å². The first-order valence-electron chi connectivity index (χ1n) is 6.97. The molecule has 1 aliphatic rings. The van der Waals surface area contributed by atoms with Crippen molar-refractivity contribution < 1.29 is 27.5 Å². The molecule has 2 amide bonds. The summed E-state index contributed by atoms with van der Waals surface area (Å²) in [4.78, 5) is 25.5. The van der Waals surface area contributed by atoms with Crippen LogP contribution in [0.5, 0.6) is 0 Å². The minimum Gasteiger partial charge on any atom is -0.343 e. The highest BCUT2D eigenvalue weighted by atomic mass is 19.4. The fourth-order valence-electron chi connectivity index (χ4n) is 2.31. The molecule has 8 heteroatoms. The predicted octanol–water partition coefficient (Wildman–Crippen LogP) is 1.67. The molecule has 1 rings (SSSR count). The molecule has 5 nitrogen and oxygen atoms in total. The first kappa shape index (κ1) is 17.7. The van der Waals surface area contributed by atoms with Crippen LogP contribution in [-0.4, -0.2) is 48.3 Å². The molecule has 1 N–H and O–H groups in total. The Morgan fingerprint density at radius 2 is 1.95 bits per heavy atom. The standard InChI is InChI=1S/C13H21F3N2O3/c1-4-9-12(20)18(5-6-21-13(14,15)16)10(7-8(2)3)11(19)17-9/h8-10H,4-7H2,1-3H3,(H,17,19). The molecule has 0 aromatic heterocycles. The normalized spacial score (nSPS) is 23.7. The molecule has 1 saturated heterocycles. The monoisotopic (exact) mass is 310 g/mol. The third-order valence-electron chi connectivity index (χ3n) is 3.28. The molecule has 2 atom stereocenters. The van der Waals surface area contributed by atoms with Gasteiger partial charge in [0.2, 0.25) is 11.8 Å². The van der Waals surface area contributed by atoms with Crippen LogP contribution in [0.1, 0.15) is 33.6 Å². The summed E-state index contributed by atoms with van der Waals surface area (Å²) in [6.07, 6.45) is -3.94. The molecule has 0 spiro atoms. The van der Waals surface area contributed by atoms with Crippen LogP contribution in [0.15, 0.2) is 0 Å². The van der Waals surface area contributed by atoms with Crippen molar-refractivity contribution in [1.29, 1.82) is 0 Å². The van der Waals surface area contributed by atoms with E-state index in [1.165, 1.54) is 4.90 Å². The molecule has 1 aliphatic heterocycles. The number of amides is 2. The maximum absolute atomic E-state index is 12.2. The second kappa shape index (κ2) is 7.11. The quantitative estimate of drug-likeness (QED) is 0.812. The Morgan fingerprint density at radius 3 is 2.43 bits per heavy atom. The Morgan fingerprint density at radius 1 is 1.33 bits per heavy atom. The van der Waals surface area contributed by atoms with Crippen molar-refractivity contribution in [3.8, 4) is 0 Å². The Labute approximate surface area is 121 Å². The van der Waals surface area contributed by atoms with E-state index in [-0.39, 0.29) is 24.3 Å². The van der Waals surface area contributed by atoms with Gasteiger partial charge in [-0.15, -0.1) is 13.2 Å². The Hall–Kier alpha value is -1.31. The number of carbonyl (C=O) groups is 2. The maximum atomic E-state index is 12.2. The summed E-state index contributed by atoms with van der Waals surface area (Å²) in [5.41, 5.74) is 0. The van der Waals surface area contributed by atoms with Crippen molar-refractivity contribution in [3.05, 3.63) is 0 Å². The molecule has 21 heavy (non-hydrogen) atoms. The largest absolute Gasteiger partial charge is 0.522 e. The van der Waals surface area contributed by atoms with Gasteiger partial charge in [-0.1, -0.05) is 20.8 Å². The minimum atomic E-state index is -4.74. The lowest BCUT2D eigenvalue weighted by molar-refractivity contribution is -0.325. The van der Waals surface area contributed by atoms with Gasteiger partial charge in [0.05, 0.1) is 6.61 Å². The van der Waals surface area contributed by atoms with E-state index >= 15 is 0 Å². The van der Waals surface area contributed by atoms with E-state index in [1.54, 1.807) is 6.92 Å². The van der Waals surface area contributed by atoms with Crippen LogP contribution < -0.4 is 5.32 Å². The van der Waals surface area contributed by atoms with Crippen LogP contribution in [-0.2, 0) is 14.3 Å². The van der Waals surface area contributed by atoms with Crippen LogP contribution in [0.2, 0.25) is 0 Å². The van der Waals surface area contributed by atoms with Crippen LogP contribution in [0.3, 0.4) is 0 Å². The summed E-state index contributed by atoms with van der Waals surface area (Å²) in [5.74, 6) is -0.534. The summed E-state index contributed by atoms with van der Waals surface area (Å²) in [6, 6.07) is -1.41. The van der Waals surface area contributed by atoms with Gasteiger partial charge in [0.25, 0.3) is 0 Å². The van der Waals surface area contributed by atoms with E-state index in [0.717, 1.165) is 0 Å². The van der Waals surface area contributed by atoms with Crippen molar-refractivity contribution in [1.82, 2.24) is 10.2 Å². The average molecular weight is 310 g/mol. The van der Waals surface area contributed by atoms with Crippen LogP contribution in [0.25, 0.3) is 0 Å². The van der Waals surface area contributed by atoms with Crippen molar-refractivity contribution in [2.45, 2.75) is 52.1 Å². The summed E-state index contributed by atoms with van der Waals surface area (Å²) in [7, 11) is 0. The number of ether oxygens (including phenoxy) is 1. The molecule has 0 aromatic rings. The fourth-order valence-corrected chi connectivity index (χ4v) is 2.31. The highest BCUT2D eigenvalue weighted by Crippen LogP contribution is 2.20. The first-order valence-corrected chi connectivity index (χ1v) is 6.97. The van der Waals surface area contributed by atoms with Crippen molar-refractivity contribution >= 4 is 11.8 Å². The van der Waals surface area contributed by atoms with E-state index in [0.29, 0.717) is 12.8 Å². The van der Waals surface area contributed by atoms with Crippen LogP contribution in [0.4, 0.5) is 13.2 Å². The molecule has 122 valence electrons. The predicted molar refractivity (Wildman–Crippen MR) is 69.2 cm³/mol. The lowest BCUT2D eigenvalue weighted by Gasteiger charge is -2.39. The van der Waals surface area contributed by atoms with E-state index < -0.39 is 25.1 Å². The Bertz CT molecular complexity index is 385. The Balaban J connectivity index is 2.78. The van der Waals surface area contributed by atoms with E-state index in [9.17, 15) is 22.8 Å². The number of rotatable bonds is 6. The van der Waals surface area contributed by atoms with Crippen LogP contribution >= 0.6 is 0 Å². The lowest BCUT2D eigenvalue weighted by atomic mass is 9.97. The number of carbonyl (C=O) groups excluding carboxylic acids is 2. The zero-order valence-electron chi connectivity index (χ0n) is 12.4. The fraction of sp³-hybridized carbons (Fsp3) is 0.846. The number of halogens is 3. The summed E-state index contributed by atoms with van der Waals surface area (Å²) in [5, 5.41) is 2.61. The van der Waals surface area contributed by atoms with Gasteiger partial charge in [-0.05, 0) is 18.8 Å². The summed E-state index contributed by atoms with van der Waals surface area (Å²) >= 11 is 0. The summed E-state index contributed by atoms with van der Waals surface area (Å²) in [6.45, 7) is 4.57. The SMILES string of the molecule is CCC1NC(=O)C(CC(C)C)N(CCOC(F)(F)F)C1=O. The molecule has 1 heterocycles. The van der Waals surface area contributed by atoms with Gasteiger partial charge in [0.1, 0.15) is 12.1 Å². The van der Waals surface area contributed by atoms with Gasteiger partial charge in [0, 0.05) is 6.54 Å². The van der Waals surface area contributed by atoms with Gasteiger partial charge in [-0.2, -0.15) is 0 Å². The van der Waals surface area contributed by atoms with E-state index in [2.05, 4.69) is 10.1 Å². The van der Waals surface area contributed by atoms with E-state index in [4.69, 9.17) is 0 Å². The summed E-state index contributed by atoms with van der Waals surface area (Å²) < 4.78 is 39.8. The smallest absolute Gasteiger partial charge is 0.343 e. The lowest BCUT2D eigenvalue weighted by Crippen LogP contribution is -2.63. The molecular formula is C13H21F3N2O3. The highest BCUT2D eigenvalue weighted by Gasteiger charge is 2.40. The zero-order chi connectivity index (χ0) is 16.2. The molecule has 0 aliphatic carbocycles. The highest BCUT2D eigenvalue weighted by molar-refractivity contribution is 5.96. The molecule has 0 bridgehead atoms. The molecule has 2 unspecified atom stereocenters. The minimum absolute atomic E-state index is 0.137. The molecule has 0 aromatic carbocycles. The molecule has 1 fully saturated rings. The van der Waals surface area contributed by atoms with Gasteiger partial charge < -0.3 is 10.2 Å².